The van der Waals surface area contributed by atoms with E-state index in [1.165, 1.54) is 18.3 Å². The van der Waals surface area contributed by atoms with Crippen LogP contribution in [0.15, 0.2) is 52.0 Å². The first-order valence-corrected chi connectivity index (χ1v) is 12.2. The normalized spacial score (nSPS) is 12.2. The minimum absolute atomic E-state index is 0.0221. The SMILES string of the molecule is Cc1cc([N+](=O)[O-])ccc1-c1ccc(/C=N\NC(=O)CCc2cc(C(C)(C)C)c(O)c(C(C)(C)C)c2)o1. The van der Waals surface area contributed by atoms with Crippen LogP contribution in [0.5, 0.6) is 5.75 Å². The minimum atomic E-state index is -0.436. The molecule has 0 aliphatic rings. The zero-order valence-corrected chi connectivity index (χ0v) is 22.5. The molecule has 3 rings (SSSR count). The van der Waals surface area contributed by atoms with Gasteiger partial charge in [0.15, 0.2) is 0 Å². The van der Waals surface area contributed by atoms with Gasteiger partial charge in [0.1, 0.15) is 17.3 Å². The maximum absolute atomic E-state index is 12.4. The molecule has 0 bridgehead atoms. The fourth-order valence-electron chi connectivity index (χ4n) is 4.07. The van der Waals surface area contributed by atoms with Crippen LogP contribution in [0.3, 0.4) is 0 Å². The second kappa shape index (κ2) is 10.6. The topological polar surface area (TPSA) is 118 Å². The van der Waals surface area contributed by atoms with Crippen LogP contribution in [0.2, 0.25) is 0 Å². The van der Waals surface area contributed by atoms with Crippen molar-refractivity contribution in [2.75, 3.05) is 0 Å². The number of non-ortho nitro benzene ring substituents is 1. The van der Waals surface area contributed by atoms with Gasteiger partial charge < -0.3 is 9.52 Å². The zero-order valence-electron chi connectivity index (χ0n) is 22.5. The number of phenolic OH excluding ortho intramolecular Hbond substituents is 1. The van der Waals surface area contributed by atoms with E-state index in [0.717, 1.165) is 27.8 Å². The van der Waals surface area contributed by atoms with Crippen LogP contribution in [-0.2, 0) is 22.0 Å². The quantitative estimate of drug-likeness (QED) is 0.214. The molecular formula is C29H35N3O5. The monoisotopic (exact) mass is 505 g/mol. The Hall–Kier alpha value is -3.94. The zero-order chi connectivity index (χ0) is 27.5. The van der Waals surface area contributed by atoms with E-state index in [2.05, 4.69) is 52.1 Å². The summed E-state index contributed by atoms with van der Waals surface area (Å²) in [4.78, 5) is 22.9. The van der Waals surface area contributed by atoms with Crippen LogP contribution in [-0.4, -0.2) is 22.2 Å². The summed E-state index contributed by atoms with van der Waals surface area (Å²) in [7, 11) is 0. The first kappa shape index (κ1) is 27.6. The van der Waals surface area contributed by atoms with Gasteiger partial charge in [0, 0.05) is 24.1 Å². The van der Waals surface area contributed by atoms with E-state index in [1.807, 2.05) is 12.1 Å². The summed E-state index contributed by atoms with van der Waals surface area (Å²) >= 11 is 0. The van der Waals surface area contributed by atoms with Crippen LogP contribution in [0.4, 0.5) is 5.69 Å². The smallest absolute Gasteiger partial charge is 0.269 e. The number of aromatic hydroxyl groups is 1. The van der Waals surface area contributed by atoms with Gasteiger partial charge in [-0.15, -0.1) is 0 Å². The Morgan fingerprint density at radius 2 is 1.68 bits per heavy atom. The third-order valence-corrected chi connectivity index (χ3v) is 6.12. The van der Waals surface area contributed by atoms with Crippen molar-refractivity contribution in [2.45, 2.75) is 72.1 Å². The van der Waals surface area contributed by atoms with Crippen molar-refractivity contribution in [3.8, 4) is 17.1 Å². The number of hydrogen-bond acceptors (Lipinski definition) is 6. The van der Waals surface area contributed by atoms with Gasteiger partial charge in [-0.3, -0.25) is 14.9 Å². The average Bonchev–Trinajstić information content (AvgIpc) is 3.25. The van der Waals surface area contributed by atoms with E-state index in [4.69, 9.17) is 4.42 Å². The molecule has 2 N–H and O–H groups in total. The molecule has 1 heterocycles. The number of hydrogen-bond donors (Lipinski definition) is 2. The number of aryl methyl sites for hydroxylation is 2. The highest BCUT2D eigenvalue weighted by atomic mass is 16.6. The number of nitro groups is 1. The standard InChI is InChI=1S/C29H35N3O5/c1-18-14-20(32(35)36)9-11-22(18)25-12-10-21(37-25)17-30-31-26(33)13-8-19-15-23(28(2,3)4)27(34)24(16-19)29(5,6)7/h9-12,14-17,34H,8,13H2,1-7H3,(H,31,33)/b30-17-. The number of amides is 1. The third kappa shape index (κ3) is 6.84. The van der Waals surface area contributed by atoms with Gasteiger partial charge in [-0.2, -0.15) is 5.10 Å². The molecule has 196 valence electrons. The van der Waals surface area contributed by atoms with Crippen molar-refractivity contribution in [1.82, 2.24) is 5.43 Å². The van der Waals surface area contributed by atoms with Crippen LogP contribution in [0.1, 0.15) is 76.0 Å². The van der Waals surface area contributed by atoms with Crippen molar-refractivity contribution in [3.05, 3.63) is 80.6 Å². The second-order valence-corrected chi connectivity index (χ2v) is 11.3. The summed E-state index contributed by atoms with van der Waals surface area (Å²) in [6.45, 7) is 14.1. The first-order chi connectivity index (χ1) is 17.2. The number of carbonyl (C=O) groups is 1. The maximum atomic E-state index is 12.4. The molecule has 0 aliphatic heterocycles. The first-order valence-electron chi connectivity index (χ1n) is 12.2. The van der Waals surface area contributed by atoms with Gasteiger partial charge in [-0.1, -0.05) is 53.7 Å². The maximum Gasteiger partial charge on any atom is 0.269 e. The van der Waals surface area contributed by atoms with Gasteiger partial charge in [-0.25, -0.2) is 5.43 Å². The van der Waals surface area contributed by atoms with Gasteiger partial charge in [0.2, 0.25) is 5.91 Å². The number of benzene rings is 2. The molecular weight excluding hydrogens is 470 g/mol. The lowest BCUT2D eigenvalue weighted by atomic mass is 9.78. The molecule has 0 atom stereocenters. The summed E-state index contributed by atoms with van der Waals surface area (Å²) in [6.07, 6.45) is 2.16. The third-order valence-electron chi connectivity index (χ3n) is 6.12. The Bertz CT molecular complexity index is 1310. The van der Waals surface area contributed by atoms with Crippen LogP contribution in [0, 0.1) is 17.0 Å². The van der Waals surface area contributed by atoms with Gasteiger partial charge in [0.05, 0.1) is 11.1 Å². The number of nitro benzene ring substituents is 1. The molecule has 8 nitrogen and oxygen atoms in total. The molecule has 1 amide bonds. The fourth-order valence-corrected chi connectivity index (χ4v) is 4.07. The van der Waals surface area contributed by atoms with E-state index in [-0.39, 0.29) is 28.8 Å². The molecule has 0 fully saturated rings. The van der Waals surface area contributed by atoms with Crippen molar-refractivity contribution in [2.24, 2.45) is 5.10 Å². The number of carbonyl (C=O) groups excluding carboxylic acids is 1. The summed E-state index contributed by atoms with van der Waals surface area (Å²) in [5.74, 6) is 1.07. The molecule has 0 spiro atoms. The predicted molar refractivity (Wildman–Crippen MR) is 145 cm³/mol. The fraction of sp³-hybridized carbons (Fsp3) is 0.379. The Morgan fingerprint density at radius 1 is 1.05 bits per heavy atom. The average molecular weight is 506 g/mol. The highest BCUT2D eigenvalue weighted by Crippen LogP contribution is 2.40. The minimum Gasteiger partial charge on any atom is -0.507 e. The number of rotatable bonds is 7. The molecule has 8 heteroatoms. The number of furan rings is 1. The van der Waals surface area contributed by atoms with E-state index in [1.54, 1.807) is 25.1 Å². The van der Waals surface area contributed by atoms with Crippen LogP contribution < -0.4 is 5.43 Å². The lowest BCUT2D eigenvalue weighted by molar-refractivity contribution is -0.384. The molecule has 0 aliphatic carbocycles. The van der Waals surface area contributed by atoms with Crippen molar-refractivity contribution in [3.63, 3.8) is 0 Å². The van der Waals surface area contributed by atoms with Gasteiger partial charge in [0.25, 0.3) is 5.69 Å². The van der Waals surface area contributed by atoms with Gasteiger partial charge in [-0.05, 0) is 64.6 Å². The lowest BCUT2D eigenvalue weighted by Crippen LogP contribution is -2.20. The van der Waals surface area contributed by atoms with Crippen molar-refractivity contribution >= 4 is 17.8 Å². The molecule has 0 saturated heterocycles. The molecule has 0 radical (unpaired) electrons. The lowest BCUT2D eigenvalue weighted by Gasteiger charge is -2.28. The van der Waals surface area contributed by atoms with E-state index in [0.29, 0.717) is 23.7 Å². The molecule has 1 aromatic heterocycles. The Balaban J connectivity index is 1.65. The molecule has 37 heavy (non-hydrogen) atoms. The van der Waals surface area contributed by atoms with E-state index < -0.39 is 4.92 Å². The number of nitrogens with zero attached hydrogens (tertiary/aromatic N) is 2. The van der Waals surface area contributed by atoms with Gasteiger partial charge >= 0.3 is 0 Å². The molecule has 2 aromatic carbocycles. The Kier molecular flexibility index (Phi) is 7.91. The number of hydrazone groups is 1. The van der Waals surface area contributed by atoms with Crippen molar-refractivity contribution < 1.29 is 19.2 Å². The molecule has 0 unspecified atom stereocenters. The largest absolute Gasteiger partial charge is 0.507 e. The predicted octanol–water partition coefficient (Wildman–Crippen LogP) is 6.55. The van der Waals surface area contributed by atoms with E-state index >= 15 is 0 Å². The summed E-state index contributed by atoms with van der Waals surface area (Å²) in [5, 5.41) is 25.8. The number of nitrogens with one attached hydrogen (secondary N) is 1. The Labute approximate surface area is 217 Å². The number of phenols is 1. The second-order valence-electron chi connectivity index (χ2n) is 11.3. The summed E-state index contributed by atoms with van der Waals surface area (Å²) < 4.78 is 5.77. The van der Waals surface area contributed by atoms with Crippen LogP contribution >= 0.6 is 0 Å². The van der Waals surface area contributed by atoms with Crippen molar-refractivity contribution in [1.29, 1.82) is 0 Å². The summed E-state index contributed by atoms with van der Waals surface area (Å²) in [5.41, 5.74) is 6.26. The summed E-state index contributed by atoms with van der Waals surface area (Å²) in [6, 6.07) is 12.0. The van der Waals surface area contributed by atoms with Crippen LogP contribution in [0.25, 0.3) is 11.3 Å². The van der Waals surface area contributed by atoms with E-state index in [9.17, 15) is 20.0 Å². The molecule has 0 saturated carbocycles. The Morgan fingerprint density at radius 3 is 2.22 bits per heavy atom. The highest BCUT2D eigenvalue weighted by Gasteiger charge is 2.26. The highest BCUT2D eigenvalue weighted by molar-refractivity contribution is 5.81. The molecule has 3 aromatic rings.